The van der Waals surface area contributed by atoms with Gasteiger partial charge in [0.15, 0.2) is 0 Å². The summed E-state index contributed by atoms with van der Waals surface area (Å²) in [5.74, 6) is 0.350. The Labute approximate surface area is 138 Å². The fourth-order valence-corrected chi connectivity index (χ4v) is 3.38. The van der Waals surface area contributed by atoms with Gasteiger partial charge in [-0.2, -0.15) is 0 Å². The number of rotatable bonds is 9. The standard InChI is InChI=1S/C16H26N2O4S/c1-5-7-12-17-16(19)13(3)18(23(4,20)21)14-8-10-15(11-9-14)22-6-2/h8-11,13H,5-7,12H2,1-4H3,(H,17,19)/t13-/m1/s1. The van der Waals surface area contributed by atoms with E-state index in [1.807, 2.05) is 13.8 Å². The van der Waals surface area contributed by atoms with Crippen molar-refractivity contribution in [2.45, 2.75) is 39.7 Å². The van der Waals surface area contributed by atoms with Crippen LogP contribution in [0.3, 0.4) is 0 Å². The van der Waals surface area contributed by atoms with E-state index in [9.17, 15) is 13.2 Å². The van der Waals surface area contributed by atoms with Crippen molar-refractivity contribution in [2.24, 2.45) is 0 Å². The molecule has 1 rings (SSSR count). The molecule has 6 nitrogen and oxygen atoms in total. The summed E-state index contributed by atoms with van der Waals surface area (Å²) in [6.07, 6.45) is 2.92. The lowest BCUT2D eigenvalue weighted by molar-refractivity contribution is -0.121. The molecule has 0 unspecified atom stereocenters. The minimum absolute atomic E-state index is 0.308. The molecule has 0 heterocycles. The van der Waals surface area contributed by atoms with Crippen LogP contribution in [0.2, 0.25) is 0 Å². The molecule has 0 bridgehead atoms. The Kier molecular flexibility index (Phi) is 7.35. The number of hydrogen-bond acceptors (Lipinski definition) is 4. The number of anilines is 1. The lowest BCUT2D eigenvalue weighted by Crippen LogP contribution is -2.48. The highest BCUT2D eigenvalue weighted by molar-refractivity contribution is 7.92. The normalized spacial score (nSPS) is 12.5. The zero-order valence-corrected chi connectivity index (χ0v) is 15.0. The number of sulfonamides is 1. The van der Waals surface area contributed by atoms with E-state index >= 15 is 0 Å². The van der Waals surface area contributed by atoms with Crippen LogP contribution in [0.15, 0.2) is 24.3 Å². The van der Waals surface area contributed by atoms with Crippen LogP contribution >= 0.6 is 0 Å². The van der Waals surface area contributed by atoms with Gasteiger partial charge in [-0.1, -0.05) is 13.3 Å². The summed E-state index contributed by atoms with van der Waals surface area (Å²) in [4.78, 5) is 12.2. The lowest BCUT2D eigenvalue weighted by Gasteiger charge is -2.28. The van der Waals surface area contributed by atoms with Crippen LogP contribution in [0.25, 0.3) is 0 Å². The van der Waals surface area contributed by atoms with E-state index < -0.39 is 16.1 Å². The first-order valence-electron chi connectivity index (χ1n) is 7.81. The van der Waals surface area contributed by atoms with Crippen molar-refractivity contribution in [1.82, 2.24) is 5.32 Å². The molecule has 0 spiro atoms. The molecule has 0 aromatic heterocycles. The number of nitrogens with zero attached hydrogens (tertiary/aromatic N) is 1. The van der Waals surface area contributed by atoms with Crippen molar-refractivity contribution < 1.29 is 17.9 Å². The zero-order valence-electron chi connectivity index (χ0n) is 14.2. The van der Waals surface area contributed by atoms with Crippen LogP contribution in [0, 0.1) is 0 Å². The summed E-state index contributed by atoms with van der Waals surface area (Å²) < 4.78 is 30.7. The number of benzene rings is 1. The fraction of sp³-hybridized carbons (Fsp3) is 0.562. The molecule has 1 aromatic rings. The molecule has 7 heteroatoms. The Bertz CT molecular complexity index is 599. The van der Waals surface area contributed by atoms with Crippen LogP contribution in [0.1, 0.15) is 33.6 Å². The molecular weight excluding hydrogens is 316 g/mol. The van der Waals surface area contributed by atoms with Gasteiger partial charge in [-0.3, -0.25) is 9.10 Å². The van der Waals surface area contributed by atoms with E-state index in [1.54, 1.807) is 31.2 Å². The van der Waals surface area contributed by atoms with Gasteiger partial charge >= 0.3 is 0 Å². The van der Waals surface area contributed by atoms with Crippen molar-refractivity contribution in [1.29, 1.82) is 0 Å². The van der Waals surface area contributed by atoms with E-state index in [2.05, 4.69) is 5.32 Å². The van der Waals surface area contributed by atoms with Crippen molar-refractivity contribution in [2.75, 3.05) is 23.7 Å². The van der Waals surface area contributed by atoms with Gasteiger partial charge in [0.1, 0.15) is 11.8 Å². The molecular formula is C16H26N2O4S. The highest BCUT2D eigenvalue weighted by atomic mass is 32.2. The molecule has 0 aliphatic carbocycles. The molecule has 130 valence electrons. The van der Waals surface area contributed by atoms with E-state index in [-0.39, 0.29) is 5.91 Å². The van der Waals surface area contributed by atoms with Gasteiger partial charge in [-0.25, -0.2) is 8.42 Å². The minimum atomic E-state index is -3.59. The van der Waals surface area contributed by atoms with Crippen molar-refractivity contribution in [3.05, 3.63) is 24.3 Å². The van der Waals surface area contributed by atoms with Crippen LogP contribution in [-0.2, 0) is 14.8 Å². The lowest BCUT2D eigenvalue weighted by atomic mass is 10.2. The van der Waals surface area contributed by atoms with E-state index in [0.29, 0.717) is 24.6 Å². The summed E-state index contributed by atoms with van der Waals surface area (Å²) in [5.41, 5.74) is 0.439. The number of carbonyl (C=O) groups is 1. The van der Waals surface area contributed by atoms with Crippen LogP contribution in [-0.4, -0.2) is 39.8 Å². The molecule has 0 fully saturated rings. The molecule has 1 amide bonds. The van der Waals surface area contributed by atoms with Gasteiger partial charge in [-0.05, 0) is 44.5 Å². The van der Waals surface area contributed by atoms with Gasteiger partial charge in [0.05, 0.1) is 18.6 Å². The van der Waals surface area contributed by atoms with Gasteiger partial charge in [0.25, 0.3) is 0 Å². The van der Waals surface area contributed by atoms with Crippen molar-refractivity contribution in [3.8, 4) is 5.75 Å². The highest BCUT2D eigenvalue weighted by Crippen LogP contribution is 2.24. The number of unbranched alkanes of at least 4 members (excludes halogenated alkanes) is 1. The molecule has 1 N–H and O–H groups in total. The molecule has 23 heavy (non-hydrogen) atoms. The van der Waals surface area contributed by atoms with E-state index in [4.69, 9.17) is 4.74 Å². The SMILES string of the molecule is CCCCNC(=O)[C@@H](C)N(c1ccc(OCC)cc1)S(C)(=O)=O. The van der Waals surface area contributed by atoms with Crippen LogP contribution < -0.4 is 14.4 Å². The topological polar surface area (TPSA) is 75.7 Å². The Morgan fingerprint density at radius 3 is 2.35 bits per heavy atom. The third-order valence-corrected chi connectivity index (χ3v) is 4.56. The van der Waals surface area contributed by atoms with Gasteiger partial charge in [0, 0.05) is 6.54 Å². The predicted octanol–water partition coefficient (Wildman–Crippen LogP) is 2.16. The second-order valence-corrected chi connectivity index (χ2v) is 7.17. The molecule has 0 radical (unpaired) electrons. The van der Waals surface area contributed by atoms with Gasteiger partial charge in [0.2, 0.25) is 15.9 Å². The van der Waals surface area contributed by atoms with Crippen LogP contribution in [0.4, 0.5) is 5.69 Å². The quantitative estimate of drug-likeness (QED) is 0.698. The third kappa shape index (κ3) is 5.74. The Balaban J connectivity index is 2.98. The minimum Gasteiger partial charge on any atom is -0.494 e. The molecule has 1 aromatic carbocycles. The third-order valence-electron chi connectivity index (χ3n) is 3.32. The first-order valence-corrected chi connectivity index (χ1v) is 9.66. The van der Waals surface area contributed by atoms with Crippen molar-refractivity contribution >= 4 is 21.6 Å². The zero-order chi connectivity index (χ0) is 17.5. The highest BCUT2D eigenvalue weighted by Gasteiger charge is 2.28. The number of nitrogens with one attached hydrogen (secondary N) is 1. The summed E-state index contributed by atoms with van der Waals surface area (Å²) in [6.45, 7) is 6.56. The number of hydrogen-bond donors (Lipinski definition) is 1. The molecule has 0 aliphatic heterocycles. The maximum atomic E-state index is 12.2. The average molecular weight is 342 g/mol. The summed E-state index contributed by atoms with van der Waals surface area (Å²) >= 11 is 0. The number of carbonyl (C=O) groups excluding carboxylic acids is 1. The second-order valence-electron chi connectivity index (χ2n) is 5.31. The average Bonchev–Trinajstić information content (AvgIpc) is 2.48. The van der Waals surface area contributed by atoms with Gasteiger partial charge < -0.3 is 10.1 Å². The summed E-state index contributed by atoms with van der Waals surface area (Å²) in [6, 6.07) is 5.85. The first-order chi connectivity index (χ1) is 10.8. The maximum absolute atomic E-state index is 12.2. The van der Waals surface area contributed by atoms with E-state index in [0.717, 1.165) is 23.4 Å². The molecule has 0 saturated heterocycles. The second kappa shape index (κ2) is 8.76. The van der Waals surface area contributed by atoms with E-state index in [1.165, 1.54) is 0 Å². The van der Waals surface area contributed by atoms with Crippen LogP contribution in [0.5, 0.6) is 5.75 Å². The number of ether oxygens (including phenoxy) is 1. The predicted molar refractivity (Wildman–Crippen MR) is 92.3 cm³/mol. The molecule has 0 aliphatic rings. The number of amides is 1. The Hall–Kier alpha value is -1.76. The fourth-order valence-electron chi connectivity index (χ4n) is 2.20. The summed E-state index contributed by atoms with van der Waals surface area (Å²) in [5, 5.41) is 2.77. The van der Waals surface area contributed by atoms with Gasteiger partial charge in [-0.15, -0.1) is 0 Å². The Morgan fingerprint density at radius 2 is 1.87 bits per heavy atom. The smallest absolute Gasteiger partial charge is 0.243 e. The summed E-state index contributed by atoms with van der Waals surface area (Å²) in [7, 11) is -3.59. The first kappa shape index (κ1) is 19.3. The molecule has 1 atom stereocenters. The largest absolute Gasteiger partial charge is 0.494 e. The van der Waals surface area contributed by atoms with Crippen molar-refractivity contribution in [3.63, 3.8) is 0 Å². The maximum Gasteiger partial charge on any atom is 0.243 e. The molecule has 0 saturated carbocycles. The monoisotopic (exact) mass is 342 g/mol. The Morgan fingerprint density at radius 1 is 1.26 bits per heavy atom.